The van der Waals surface area contributed by atoms with Gasteiger partial charge in [-0.1, -0.05) is 41.9 Å². The van der Waals surface area contributed by atoms with Gasteiger partial charge in [0.15, 0.2) is 0 Å². The Bertz CT molecular complexity index is 989. The van der Waals surface area contributed by atoms with Crippen molar-refractivity contribution in [3.8, 4) is 11.4 Å². The number of aromatic nitrogens is 2. The van der Waals surface area contributed by atoms with Gasteiger partial charge in [-0.25, -0.2) is 0 Å². The summed E-state index contributed by atoms with van der Waals surface area (Å²) in [6, 6.07) is 17.2. The van der Waals surface area contributed by atoms with Gasteiger partial charge in [0, 0.05) is 6.54 Å². The molecule has 1 N–H and O–H groups in total. The molecule has 0 bridgehead atoms. The van der Waals surface area contributed by atoms with Crippen molar-refractivity contribution >= 4 is 17.3 Å². The van der Waals surface area contributed by atoms with E-state index >= 15 is 0 Å². The van der Waals surface area contributed by atoms with Gasteiger partial charge in [0.1, 0.15) is 10.8 Å². The van der Waals surface area contributed by atoms with E-state index in [9.17, 15) is 4.79 Å². The van der Waals surface area contributed by atoms with E-state index in [-0.39, 0.29) is 16.6 Å². The molecule has 0 radical (unpaired) electrons. The number of hydrogen-bond donors (Lipinski definition) is 1. The third-order valence-electron chi connectivity index (χ3n) is 4.51. The number of ether oxygens (including phenoxy) is 1. The Hall–Kier alpha value is -2.83. The molecule has 0 amide bonds. The van der Waals surface area contributed by atoms with Crippen molar-refractivity contribution in [1.29, 1.82) is 0 Å². The van der Waals surface area contributed by atoms with Crippen molar-refractivity contribution in [2.75, 3.05) is 33.1 Å². The highest BCUT2D eigenvalue weighted by molar-refractivity contribution is 6.32. The molecule has 146 valence electrons. The number of rotatable bonds is 7. The van der Waals surface area contributed by atoms with Gasteiger partial charge in [0.25, 0.3) is 5.56 Å². The first kappa shape index (κ1) is 19.9. The molecule has 1 heterocycles. The van der Waals surface area contributed by atoms with Gasteiger partial charge in [0.2, 0.25) is 0 Å². The summed E-state index contributed by atoms with van der Waals surface area (Å²) in [6.45, 7) is 0.552. The number of methoxy groups -OCH3 is 1. The largest absolute Gasteiger partial charge is 0.497 e. The molecule has 3 rings (SSSR count). The minimum absolute atomic E-state index is 0.0581. The Labute approximate surface area is 169 Å². The first-order chi connectivity index (χ1) is 13.5. The van der Waals surface area contributed by atoms with Crippen molar-refractivity contribution in [1.82, 2.24) is 14.7 Å². The van der Waals surface area contributed by atoms with Crippen LogP contribution in [-0.2, 0) is 0 Å². The lowest BCUT2D eigenvalue weighted by molar-refractivity contribution is 0.310. The van der Waals surface area contributed by atoms with Crippen LogP contribution < -0.4 is 15.6 Å². The van der Waals surface area contributed by atoms with E-state index in [1.54, 1.807) is 13.3 Å². The molecule has 1 aromatic heterocycles. The molecule has 0 saturated heterocycles. The highest BCUT2D eigenvalue weighted by atomic mass is 35.5. The predicted molar refractivity (Wildman–Crippen MR) is 113 cm³/mol. The van der Waals surface area contributed by atoms with E-state index in [4.69, 9.17) is 16.3 Å². The van der Waals surface area contributed by atoms with Crippen LogP contribution in [-0.4, -0.2) is 42.4 Å². The normalized spacial score (nSPS) is 12.0. The minimum atomic E-state index is -0.361. The zero-order chi connectivity index (χ0) is 20.1. The van der Waals surface area contributed by atoms with Crippen molar-refractivity contribution in [2.45, 2.75) is 6.04 Å². The number of anilines is 1. The Morgan fingerprint density at radius 1 is 1.18 bits per heavy atom. The summed E-state index contributed by atoms with van der Waals surface area (Å²) in [6.07, 6.45) is 1.58. The van der Waals surface area contributed by atoms with Crippen LogP contribution >= 0.6 is 11.6 Å². The van der Waals surface area contributed by atoms with Crippen molar-refractivity contribution in [2.24, 2.45) is 0 Å². The van der Waals surface area contributed by atoms with Crippen LogP contribution in [0, 0.1) is 0 Å². The lowest BCUT2D eigenvalue weighted by Crippen LogP contribution is -2.28. The predicted octanol–water partition coefficient (Wildman–Crippen LogP) is 3.61. The third-order valence-corrected chi connectivity index (χ3v) is 4.87. The van der Waals surface area contributed by atoms with Crippen LogP contribution in [0.1, 0.15) is 11.6 Å². The van der Waals surface area contributed by atoms with Crippen LogP contribution in [0.25, 0.3) is 5.69 Å². The van der Waals surface area contributed by atoms with E-state index in [0.29, 0.717) is 17.9 Å². The number of halogens is 1. The van der Waals surface area contributed by atoms with Gasteiger partial charge >= 0.3 is 0 Å². The van der Waals surface area contributed by atoms with E-state index in [1.807, 2.05) is 68.7 Å². The zero-order valence-electron chi connectivity index (χ0n) is 16.1. The molecule has 0 fully saturated rings. The SMILES string of the molecule is COc1cccc([C@@H](CNc2cnn(-c3ccccc3)c(=O)c2Cl)N(C)C)c1. The summed E-state index contributed by atoms with van der Waals surface area (Å²) in [7, 11) is 5.65. The fraction of sp³-hybridized carbons (Fsp3) is 0.238. The first-order valence-electron chi connectivity index (χ1n) is 8.88. The second-order valence-corrected chi connectivity index (χ2v) is 6.94. The molecular formula is C21H23ClN4O2. The molecule has 0 spiro atoms. The quantitative estimate of drug-likeness (QED) is 0.658. The molecule has 0 aliphatic heterocycles. The summed E-state index contributed by atoms with van der Waals surface area (Å²) >= 11 is 6.34. The maximum Gasteiger partial charge on any atom is 0.292 e. The maximum atomic E-state index is 12.6. The van der Waals surface area contributed by atoms with Crippen LogP contribution in [0.15, 0.2) is 65.6 Å². The molecule has 6 nitrogen and oxygen atoms in total. The van der Waals surface area contributed by atoms with Gasteiger partial charge in [-0.15, -0.1) is 0 Å². The van der Waals surface area contributed by atoms with E-state index in [2.05, 4.69) is 15.3 Å². The fourth-order valence-corrected chi connectivity index (χ4v) is 3.16. The number of para-hydroxylation sites is 1. The lowest BCUT2D eigenvalue weighted by Gasteiger charge is -2.26. The van der Waals surface area contributed by atoms with Crippen molar-refractivity contribution < 1.29 is 4.74 Å². The van der Waals surface area contributed by atoms with Crippen molar-refractivity contribution in [3.05, 3.63) is 81.7 Å². The van der Waals surface area contributed by atoms with Crippen LogP contribution in [0.3, 0.4) is 0 Å². The molecular weight excluding hydrogens is 376 g/mol. The zero-order valence-corrected chi connectivity index (χ0v) is 16.8. The highest BCUT2D eigenvalue weighted by Gasteiger charge is 2.17. The smallest absolute Gasteiger partial charge is 0.292 e. The molecule has 0 unspecified atom stereocenters. The lowest BCUT2D eigenvalue weighted by atomic mass is 10.1. The minimum Gasteiger partial charge on any atom is -0.497 e. The topological polar surface area (TPSA) is 59.4 Å². The third kappa shape index (κ3) is 4.35. The van der Waals surface area contributed by atoms with Crippen LogP contribution in [0.2, 0.25) is 5.02 Å². The summed E-state index contributed by atoms with van der Waals surface area (Å²) in [5.74, 6) is 0.800. The van der Waals surface area contributed by atoms with Gasteiger partial charge in [-0.2, -0.15) is 9.78 Å². The molecule has 1 atom stereocenters. The number of hydrogen-bond acceptors (Lipinski definition) is 5. The van der Waals surface area contributed by atoms with Crippen LogP contribution in [0.4, 0.5) is 5.69 Å². The number of nitrogens with one attached hydrogen (secondary N) is 1. The van der Waals surface area contributed by atoms with E-state index < -0.39 is 0 Å². The molecule has 0 aliphatic rings. The highest BCUT2D eigenvalue weighted by Crippen LogP contribution is 2.24. The molecule has 28 heavy (non-hydrogen) atoms. The second kappa shape index (κ2) is 8.91. The Morgan fingerprint density at radius 2 is 1.93 bits per heavy atom. The van der Waals surface area contributed by atoms with E-state index in [1.165, 1.54) is 4.68 Å². The monoisotopic (exact) mass is 398 g/mol. The summed E-state index contributed by atoms with van der Waals surface area (Å²) in [4.78, 5) is 14.7. The molecule has 7 heteroatoms. The van der Waals surface area contributed by atoms with Gasteiger partial charge < -0.3 is 15.0 Å². The van der Waals surface area contributed by atoms with E-state index in [0.717, 1.165) is 11.3 Å². The summed E-state index contributed by atoms with van der Waals surface area (Å²) in [5.41, 5.74) is 1.91. The number of nitrogens with zero attached hydrogens (tertiary/aromatic N) is 3. The first-order valence-corrected chi connectivity index (χ1v) is 9.26. The summed E-state index contributed by atoms with van der Waals surface area (Å²) < 4.78 is 6.61. The average molecular weight is 399 g/mol. The molecule has 2 aromatic carbocycles. The Balaban J connectivity index is 1.82. The molecule has 0 aliphatic carbocycles. The summed E-state index contributed by atoms with van der Waals surface area (Å²) in [5, 5.41) is 7.63. The fourth-order valence-electron chi connectivity index (χ4n) is 2.96. The molecule has 3 aromatic rings. The number of benzene rings is 2. The molecule has 0 saturated carbocycles. The standard InChI is InChI=1S/C21H23ClN4O2/c1-25(2)19(15-8-7-11-17(12-15)28-3)14-23-18-13-24-26(21(27)20(18)22)16-9-5-4-6-10-16/h4-13,19,23H,14H2,1-3H3/t19-/m1/s1. The van der Waals surface area contributed by atoms with Gasteiger partial charge in [-0.3, -0.25) is 4.79 Å². The van der Waals surface area contributed by atoms with Crippen molar-refractivity contribution in [3.63, 3.8) is 0 Å². The van der Waals surface area contributed by atoms with Gasteiger partial charge in [-0.05, 0) is 43.9 Å². The number of likely N-dealkylation sites (N-methyl/N-ethyl adjacent to an activating group) is 1. The van der Waals surface area contributed by atoms with Gasteiger partial charge in [0.05, 0.1) is 30.7 Å². The Morgan fingerprint density at radius 3 is 2.61 bits per heavy atom. The second-order valence-electron chi connectivity index (χ2n) is 6.56. The van der Waals surface area contributed by atoms with Crippen LogP contribution in [0.5, 0.6) is 5.75 Å². The average Bonchev–Trinajstić information content (AvgIpc) is 2.72. The maximum absolute atomic E-state index is 12.6. The Kier molecular flexibility index (Phi) is 6.34.